The summed E-state index contributed by atoms with van der Waals surface area (Å²) in [5.74, 6) is 5.03. The van der Waals surface area contributed by atoms with Gasteiger partial charge in [-0.15, -0.1) is 5.92 Å². The molecule has 1 N–H and O–H groups in total. The van der Waals surface area contributed by atoms with Crippen molar-refractivity contribution >= 4 is 16.9 Å². The van der Waals surface area contributed by atoms with Crippen molar-refractivity contribution in [2.24, 2.45) is 0 Å². The van der Waals surface area contributed by atoms with Crippen LogP contribution in [0.1, 0.15) is 41.5 Å². The monoisotopic (exact) mass is 455 g/mol. The summed E-state index contributed by atoms with van der Waals surface area (Å²) in [5.41, 5.74) is 5.06. The molecule has 1 aromatic heterocycles. The zero-order valence-electron chi connectivity index (χ0n) is 19.2. The second-order valence-electron chi connectivity index (χ2n) is 8.26. The highest BCUT2D eigenvalue weighted by Crippen LogP contribution is 2.27. The second-order valence-corrected chi connectivity index (χ2v) is 8.26. The smallest absolute Gasteiger partial charge is 0.304 e. The van der Waals surface area contributed by atoms with E-state index in [9.17, 15) is 9.18 Å². The number of carboxylic acid groups (broad SMARTS) is 1. The second kappa shape index (κ2) is 10.3. The van der Waals surface area contributed by atoms with E-state index in [-0.39, 0.29) is 18.2 Å². The van der Waals surface area contributed by atoms with Crippen LogP contribution in [-0.2, 0) is 17.9 Å². The van der Waals surface area contributed by atoms with Gasteiger partial charge in [-0.1, -0.05) is 42.3 Å². The van der Waals surface area contributed by atoms with Gasteiger partial charge in [0.25, 0.3) is 0 Å². The molecule has 4 aromatic rings. The highest BCUT2D eigenvalue weighted by molar-refractivity contribution is 5.84. The Labute approximate surface area is 198 Å². The van der Waals surface area contributed by atoms with Crippen LogP contribution < -0.4 is 4.74 Å². The minimum atomic E-state index is -0.874. The SMILES string of the molecule is CC#C[C@@H](CC(=O)O)c1ccc(OCc2ccc3ccn(Cc4cccc(F)c4)c3c2C)cc1. The Hall–Kier alpha value is -4.04. The molecule has 0 saturated carbocycles. The Bertz CT molecular complexity index is 1380. The number of fused-ring (bicyclic) bond motifs is 1. The fourth-order valence-electron chi connectivity index (χ4n) is 4.20. The maximum atomic E-state index is 13.6. The molecule has 5 heteroatoms. The van der Waals surface area contributed by atoms with Crippen LogP contribution in [0.25, 0.3) is 10.9 Å². The summed E-state index contributed by atoms with van der Waals surface area (Å²) in [6.45, 7) is 4.78. The van der Waals surface area contributed by atoms with Crippen LogP contribution in [-0.4, -0.2) is 15.6 Å². The summed E-state index contributed by atoms with van der Waals surface area (Å²) in [4.78, 5) is 11.1. The number of aromatic nitrogens is 1. The number of carbonyl (C=O) groups is 1. The zero-order chi connectivity index (χ0) is 24.1. The van der Waals surface area contributed by atoms with Crippen LogP contribution in [0.15, 0.2) is 72.9 Å². The molecule has 0 aliphatic carbocycles. The molecule has 34 heavy (non-hydrogen) atoms. The van der Waals surface area contributed by atoms with Gasteiger partial charge in [-0.3, -0.25) is 4.79 Å². The quantitative estimate of drug-likeness (QED) is 0.317. The molecule has 0 bridgehead atoms. The number of benzene rings is 3. The largest absolute Gasteiger partial charge is 0.489 e. The lowest BCUT2D eigenvalue weighted by Crippen LogP contribution is -2.05. The third kappa shape index (κ3) is 5.29. The number of aryl methyl sites for hydroxylation is 1. The average Bonchev–Trinajstić information content (AvgIpc) is 3.22. The fourth-order valence-corrected chi connectivity index (χ4v) is 4.20. The third-order valence-electron chi connectivity index (χ3n) is 5.91. The van der Waals surface area contributed by atoms with Crippen molar-refractivity contribution in [1.29, 1.82) is 0 Å². The molecule has 0 radical (unpaired) electrons. The lowest BCUT2D eigenvalue weighted by molar-refractivity contribution is -0.137. The van der Waals surface area contributed by atoms with Gasteiger partial charge in [-0.2, -0.15) is 0 Å². The summed E-state index contributed by atoms with van der Waals surface area (Å²) in [6, 6.07) is 20.3. The number of carboxylic acids is 1. The molecule has 3 aromatic carbocycles. The van der Waals surface area contributed by atoms with E-state index >= 15 is 0 Å². The molecule has 1 atom stereocenters. The minimum Gasteiger partial charge on any atom is -0.489 e. The number of aliphatic carboxylic acids is 1. The van der Waals surface area contributed by atoms with Crippen molar-refractivity contribution in [3.63, 3.8) is 0 Å². The highest BCUT2D eigenvalue weighted by atomic mass is 19.1. The van der Waals surface area contributed by atoms with Crippen LogP contribution in [0.4, 0.5) is 4.39 Å². The molecule has 172 valence electrons. The Balaban J connectivity index is 1.50. The van der Waals surface area contributed by atoms with E-state index < -0.39 is 5.97 Å². The Morgan fingerprint density at radius 1 is 1.12 bits per heavy atom. The van der Waals surface area contributed by atoms with Crippen molar-refractivity contribution in [1.82, 2.24) is 4.57 Å². The van der Waals surface area contributed by atoms with E-state index in [1.165, 1.54) is 6.07 Å². The lowest BCUT2D eigenvalue weighted by Gasteiger charge is -2.14. The minimum absolute atomic E-state index is 0.0322. The number of halogens is 1. The maximum Gasteiger partial charge on any atom is 0.304 e. The first-order valence-corrected chi connectivity index (χ1v) is 11.1. The first kappa shape index (κ1) is 23.1. The van der Waals surface area contributed by atoms with Crippen molar-refractivity contribution in [3.05, 3.63) is 101 Å². The van der Waals surface area contributed by atoms with Crippen molar-refractivity contribution in [3.8, 4) is 17.6 Å². The van der Waals surface area contributed by atoms with Crippen LogP contribution in [0.3, 0.4) is 0 Å². The van der Waals surface area contributed by atoms with Gasteiger partial charge in [0.15, 0.2) is 0 Å². The van der Waals surface area contributed by atoms with Crippen molar-refractivity contribution in [2.75, 3.05) is 0 Å². The van der Waals surface area contributed by atoms with E-state index in [4.69, 9.17) is 9.84 Å². The van der Waals surface area contributed by atoms with Crippen LogP contribution >= 0.6 is 0 Å². The topological polar surface area (TPSA) is 51.5 Å². The first-order chi connectivity index (χ1) is 16.4. The maximum absolute atomic E-state index is 13.6. The number of nitrogens with zero attached hydrogens (tertiary/aromatic N) is 1. The molecule has 4 rings (SSSR count). The molecular formula is C29H26FNO3. The molecule has 0 saturated heterocycles. The Morgan fingerprint density at radius 2 is 1.91 bits per heavy atom. The van der Waals surface area contributed by atoms with Crippen molar-refractivity contribution < 1.29 is 19.0 Å². The molecule has 0 spiro atoms. The first-order valence-electron chi connectivity index (χ1n) is 11.1. The predicted octanol–water partition coefficient (Wildman–Crippen LogP) is 6.30. The number of ether oxygens (including phenoxy) is 1. The molecule has 0 aliphatic heterocycles. The van der Waals surface area contributed by atoms with Gasteiger partial charge in [0.2, 0.25) is 0 Å². The molecule has 0 unspecified atom stereocenters. The van der Waals surface area contributed by atoms with Crippen LogP contribution in [0.5, 0.6) is 5.75 Å². The van der Waals surface area contributed by atoms with Gasteiger partial charge in [0.1, 0.15) is 18.2 Å². The predicted molar refractivity (Wildman–Crippen MR) is 131 cm³/mol. The van der Waals surface area contributed by atoms with E-state index in [1.54, 1.807) is 19.1 Å². The van der Waals surface area contributed by atoms with E-state index in [0.717, 1.165) is 33.2 Å². The summed E-state index contributed by atoms with van der Waals surface area (Å²) in [5, 5.41) is 10.3. The van der Waals surface area contributed by atoms with E-state index in [2.05, 4.69) is 41.5 Å². The molecule has 4 nitrogen and oxygen atoms in total. The molecule has 0 amide bonds. The van der Waals surface area contributed by atoms with Crippen molar-refractivity contribution in [2.45, 2.75) is 39.3 Å². The molecule has 0 fully saturated rings. The number of hydrogen-bond acceptors (Lipinski definition) is 2. The lowest BCUT2D eigenvalue weighted by atomic mass is 9.96. The summed E-state index contributed by atoms with van der Waals surface area (Å²) in [6.07, 6.45) is 1.99. The van der Waals surface area contributed by atoms with Gasteiger partial charge in [0, 0.05) is 12.7 Å². The molecule has 1 heterocycles. The van der Waals surface area contributed by atoms with Gasteiger partial charge in [0.05, 0.1) is 17.9 Å². The van der Waals surface area contributed by atoms with Gasteiger partial charge in [-0.05, 0) is 71.8 Å². The number of hydrogen-bond donors (Lipinski definition) is 1. The number of rotatable bonds is 8. The summed E-state index contributed by atoms with van der Waals surface area (Å²) >= 11 is 0. The Morgan fingerprint density at radius 3 is 2.62 bits per heavy atom. The highest BCUT2D eigenvalue weighted by Gasteiger charge is 2.14. The Kier molecular flexibility index (Phi) is 6.98. The zero-order valence-corrected chi connectivity index (χ0v) is 19.2. The molecule has 0 aliphatic rings. The van der Waals surface area contributed by atoms with Gasteiger partial charge < -0.3 is 14.4 Å². The van der Waals surface area contributed by atoms with Crippen LogP contribution in [0.2, 0.25) is 0 Å². The normalized spacial score (nSPS) is 11.6. The van der Waals surface area contributed by atoms with Crippen LogP contribution in [0, 0.1) is 24.6 Å². The molecular weight excluding hydrogens is 429 g/mol. The fraction of sp³-hybridized carbons (Fsp3) is 0.207. The van der Waals surface area contributed by atoms with Gasteiger partial charge >= 0.3 is 5.97 Å². The van der Waals surface area contributed by atoms with Gasteiger partial charge in [-0.25, -0.2) is 4.39 Å². The summed E-state index contributed by atoms with van der Waals surface area (Å²) < 4.78 is 21.8. The van der Waals surface area contributed by atoms with E-state index in [1.807, 2.05) is 36.5 Å². The third-order valence-corrected chi connectivity index (χ3v) is 5.91. The average molecular weight is 456 g/mol. The standard InChI is InChI=1S/C29H26FNO3/c1-3-5-24(17-28(32)33)22-10-12-27(13-11-22)34-19-25-9-8-23-14-15-31(29(23)20(25)2)18-21-6-4-7-26(30)16-21/h4,6-16,24H,17-19H2,1-2H3,(H,32,33)/t24-/m0/s1. The summed E-state index contributed by atoms with van der Waals surface area (Å²) in [7, 11) is 0. The van der Waals surface area contributed by atoms with E-state index in [0.29, 0.717) is 18.9 Å².